The summed E-state index contributed by atoms with van der Waals surface area (Å²) in [6.07, 6.45) is 6.12. The zero-order valence-electron chi connectivity index (χ0n) is 15.3. The summed E-state index contributed by atoms with van der Waals surface area (Å²) in [6, 6.07) is 13.6. The Hall–Kier alpha value is -2.82. The quantitative estimate of drug-likeness (QED) is 0.804. The van der Waals surface area contributed by atoms with Crippen LogP contribution >= 0.6 is 0 Å². The van der Waals surface area contributed by atoms with E-state index in [2.05, 4.69) is 0 Å². The van der Waals surface area contributed by atoms with Gasteiger partial charge in [-0.3, -0.25) is 4.79 Å². The average molecular weight is 366 g/mol. The zero-order valence-corrected chi connectivity index (χ0v) is 15.3. The summed E-state index contributed by atoms with van der Waals surface area (Å²) in [7, 11) is 0. The van der Waals surface area contributed by atoms with E-state index in [-0.39, 0.29) is 11.5 Å². The number of rotatable bonds is 7. The summed E-state index contributed by atoms with van der Waals surface area (Å²) in [5.41, 5.74) is 1.09. The number of amides is 1. The molecule has 142 valence electrons. The van der Waals surface area contributed by atoms with Gasteiger partial charge in [-0.05, 0) is 30.0 Å². The van der Waals surface area contributed by atoms with Crippen molar-refractivity contribution in [3.63, 3.8) is 0 Å². The minimum absolute atomic E-state index is 0.0410. The van der Waals surface area contributed by atoms with Crippen molar-refractivity contribution in [3.8, 4) is 5.75 Å². The first kappa shape index (κ1) is 19.0. The number of benzene rings is 2. The number of carboxylic acids is 1. The number of carbonyl (C=O) groups excluding carboxylic acids is 1. The van der Waals surface area contributed by atoms with E-state index >= 15 is 0 Å². The van der Waals surface area contributed by atoms with E-state index in [1.165, 1.54) is 43.9 Å². The van der Waals surface area contributed by atoms with Crippen molar-refractivity contribution < 1.29 is 19.8 Å². The maximum Gasteiger partial charge on any atom is 0.335 e. The highest BCUT2D eigenvalue weighted by atomic mass is 16.4. The maximum atomic E-state index is 13.0. The Morgan fingerprint density at radius 3 is 2.44 bits per heavy atom. The van der Waals surface area contributed by atoms with E-state index in [1.807, 2.05) is 30.3 Å². The number of anilines is 1. The fourth-order valence-corrected chi connectivity index (χ4v) is 3.70. The van der Waals surface area contributed by atoms with Gasteiger partial charge in [0.15, 0.2) is 0 Å². The largest absolute Gasteiger partial charge is 0.872 e. The van der Waals surface area contributed by atoms with Crippen LogP contribution in [-0.4, -0.2) is 17.0 Å². The van der Waals surface area contributed by atoms with E-state index in [1.54, 1.807) is 4.90 Å². The van der Waals surface area contributed by atoms with Gasteiger partial charge in [-0.15, -0.1) is 0 Å². The predicted octanol–water partition coefficient (Wildman–Crippen LogP) is 3.96. The molecule has 1 amide bonds. The fraction of sp³-hybridized carbons (Fsp3) is 0.364. The number of aromatic carboxylic acids is 1. The van der Waals surface area contributed by atoms with E-state index in [0.29, 0.717) is 24.6 Å². The SMILES string of the molecule is O=C(O)c1cc(N(Cc2ccccc2)C(=O)CCC2CCCC2)ccc1[O-]. The van der Waals surface area contributed by atoms with Crippen LogP contribution in [0.4, 0.5) is 5.69 Å². The van der Waals surface area contributed by atoms with Crippen LogP contribution in [0, 0.1) is 5.92 Å². The van der Waals surface area contributed by atoms with Gasteiger partial charge in [0.1, 0.15) is 0 Å². The van der Waals surface area contributed by atoms with Gasteiger partial charge in [0.2, 0.25) is 5.91 Å². The van der Waals surface area contributed by atoms with Crippen LogP contribution < -0.4 is 10.0 Å². The van der Waals surface area contributed by atoms with Gasteiger partial charge >= 0.3 is 5.97 Å². The lowest BCUT2D eigenvalue weighted by molar-refractivity contribution is -0.268. The van der Waals surface area contributed by atoms with Gasteiger partial charge in [-0.25, -0.2) is 4.79 Å². The molecule has 1 saturated carbocycles. The molecule has 3 rings (SSSR count). The third kappa shape index (κ3) is 4.88. The molecule has 2 aromatic rings. The molecule has 0 heterocycles. The molecular formula is C22H24NO4-. The van der Waals surface area contributed by atoms with Crippen LogP contribution in [0.1, 0.15) is 54.4 Å². The predicted molar refractivity (Wildman–Crippen MR) is 102 cm³/mol. The molecule has 1 aliphatic carbocycles. The Labute approximate surface area is 159 Å². The second kappa shape index (κ2) is 8.71. The number of hydrogen-bond donors (Lipinski definition) is 1. The Morgan fingerprint density at radius 1 is 1.07 bits per heavy atom. The zero-order chi connectivity index (χ0) is 19.2. The molecule has 0 aliphatic heterocycles. The second-order valence-electron chi connectivity index (χ2n) is 7.14. The molecule has 0 bridgehead atoms. The highest BCUT2D eigenvalue weighted by molar-refractivity contribution is 5.96. The smallest absolute Gasteiger partial charge is 0.335 e. The standard InChI is InChI=1S/C22H25NO4/c24-20-12-11-18(14-19(20)22(26)27)23(15-17-8-2-1-3-9-17)21(25)13-10-16-6-4-5-7-16/h1-3,8-9,11-12,14,16,24H,4-7,10,13,15H2,(H,26,27)/p-1. The van der Waals surface area contributed by atoms with E-state index < -0.39 is 11.7 Å². The molecule has 1 fully saturated rings. The summed E-state index contributed by atoms with van der Waals surface area (Å²) in [4.78, 5) is 25.9. The summed E-state index contributed by atoms with van der Waals surface area (Å²) in [6.45, 7) is 0.349. The Bertz CT molecular complexity index is 797. The molecule has 0 aromatic heterocycles. The molecule has 1 N–H and O–H groups in total. The summed E-state index contributed by atoms with van der Waals surface area (Å²) < 4.78 is 0. The minimum atomic E-state index is -1.28. The third-order valence-electron chi connectivity index (χ3n) is 5.23. The lowest BCUT2D eigenvalue weighted by Gasteiger charge is -2.25. The van der Waals surface area contributed by atoms with Gasteiger partial charge in [-0.1, -0.05) is 67.8 Å². The molecule has 5 nitrogen and oxygen atoms in total. The minimum Gasteiger partial charge on any atom is -0.872 e. The average Bonchev–Trinajstić information content (AvgIpc) is 3.19. The van der Waals surface area contributed by atoms with E-state index in [4.69, 9.17) is 0 Å². The monoisotopic (exact) mass is 366 g/mol. The Balaban J connectivity index is 1.83. The van der Waals surface area contributed by atoms with Gasteiger partial charge in [0.05, 0.1) is 12.1 Å². The van der Waals surface area contributed by atoms with Gasteiger partial charge < -0.3 is 15.1 Å². The first-order valence-electron chi connectivity index (χ1n) is 9.43. The van der Waals surface area contributed by atoms with Crippen molar-refractivity contribution >= 4 is 17.6 Å². The number of nitrogens with zero attached hydrogens (tertiary/aromatic N) is 1. The number of carbonyl (C=O) groups is 2. The van der Waals surface area contributed by atoms with Crippen LogP contribution in [0.15, 0.2) is 48.5 Å². The van der Waals surface area contributed by atoms with Crippen LogP contribution in [0.25, 0.3) is 0 Å². The van der Waals surface area contributed by atoms with Crippen molar-refractivity contribution in [2.24, 2.45) is 5.92 Å². The molecular weight excluding hydrogens is 342 g/mol. The highest BCUT2D eigenvalue weighted by Gasteiger charge is 2.21. The number of hydrogen-bond acceptors (Lipinski definition) is 3. The first-order chi connectivity index (χ1) is 13.0. The van der Waals surface area contributed by atoms with Crippen LogP contribution in [0.5, 0.6) is 5.75 Å². The van der Waals surface area contributed by atoms with Crippen LogP contribution in [-0.2, 0) is 11.3 Å². The molecule has 5 heteroatoms. The lowest BCUT2D eigenvalue weighted by atomic mass is 10.0. The molecule has 0 unspecified atom stereocenters. The fourth-order valence-electron chi connectivity index (χ4n) is 3.70. The summed E-state index contributed by atoms with van der Waals surface area (Å²) >= 11 is 0. The van der Waals surface area contributed by atoms with Gasteiger partial charge in [-0.2, -0.15) is 0 Å². The molecule has 0 spiro atoms. The first-order valence-corrected chi connectivity index (χ1v) is 9.43. The van der Waals surface area contributed by atoms with Crippen LogP contribution in [0.3, 0.4) is 0 Å². The Kier molecular flexibility index (Phi) is 6.12. The molecule has 27 heavy (non-hydrogen) atoms. The van der Waals surface area contributed by atoms with Crippen molar-refractivity contribution in [1.82, 2.24) is 0 Å². The lowest BCUT2D eigenvalue weighted by Crippen LogP contribution is -2.30. The molecule has 0 saturated heterocycles. The second-order valence-corrected chi connectivity index (χ2v) is 7.14. The van der Waals surface area contributed by atoms with E-state index in [9.17, 15) is 19.8 Å². The third-order valence-corrected chi connectivity index (χ3v) is 5.23. The topological polar surface area (TPSA) is 80.7 Å². The maximum absolute atomic E-state index is 13.0. The van der Waals surface area contributed by atoms with Crippen molar-refractivity contribution in [1.29, 1.82) is 0 Å². The summed E-state index contributed by atoms with van der Waals surface area (Å²) in [5, 5.41) is 21.0. The van der Waals surface area contributed by atoms with Crippen molar-refractivity contribution in [2.45, 2.75) is 45.1 Å². The van der Waals surface area contributed by atoms with Gasteiger partial charge in [0.25, 0.3) is 0 Å². The molecule has 0 atom stereocenters. The van der Waals surface area contributed by atoms with E-state index in [0.717, 1.165) is 12.0 Å². The summed E-state index contributed by atoms with van der Waals surface area (Å²) in [5.74, 6) is -1.27. The highest BCUT2D eigenvalue weighted by Crippen LogP contribution is 2.30. The van der Waals surface area contributed by atoms with Gasteiger partial charge in [0, 0.05) is 12.1 Å². The molecule has 0 radical (unpaired) electrons. The molecule has 1 aliphatic rings. The molecule has 2 aromatic carbocycles. The normalized spacial score (nSPS) is 14.2. The Morgan fingerprint density at radius 2 is 1.78 bits per heavy atom. The van der Waals surface area contributed by atoms with Crippen LogP contribution in [0.2, 0.25) is 0 Å². The number of carboxylic acid groups (broad SMARTS) is 1. The van der Waals surface area contributed by atoms with Crippen molar-refractivity contribution in [3.05, 3.63) is 59.7 Å². The van der Waals surface area contributed by atoms with Crippen molar-refractivity contribution in [2.75, 3.05) is 4.90 Å².